The molecule has 0 fully saturated rings. The van der Waals surface area contributed by atoms with Gasteiger partial charge in [0.2, 0.25) is 0 Å². The Hall–Kier alpha value is -2.90. The number of carbonyl (C=O) groups excluding carboxylic acids is 1. The first kappa shape index (κ1) is 19.1. The number of benzene rings is 1. The van der Waals surface area contributed by atoms with Crippen LogP contribution in [0.15, 0.2) is 30.5 Å². The van der Waals surface area contributed by atoms with E-state index in [9.17, 15) is 9.90 Å². The molecule has 1 atom stereocenters. The minimum atomic E-state index is -0.845. The molecular formula is C22H21ClN4O3. The van der Waals surface area contributed by atoms with E-state index < -0.39 is 5.54 Å². The molecule has 8 heteroatoms. The van der Waals surface area contributed by atoms with Crippen LogP contribution < -0.4 is 10.1 Å². The highest BCUT2D eigenvalue weighted by molar-refractivity contribution is 6.19. The number of alkyl halides is 1. The molecule has 1 aromatic carbocycles. The summed E-state index contributed by atoms with van der Waals surface area (Å²) in [6.07, 6.45) is 3.82. The molecule has 3 heterocycles. The number of hydrogen-bond donors (Lipinski definition) is 3. The zero-order valence-corrected chi connectivity index (χ0v) is 17.2. The van der Waals surface area contributed by atoms with Crippen molar-refractivity contribution in [1.82, 2.24) is 20.3 Å². The Balaban J connectivity index is 1.60. The minimum absolute atomic E-state index is 0.138. The predicted molar refractivity (Wildman–Crippen MR) is 113 cm³/mol. The van der Waals surface area contributed by atoms with Crippen molar-refractivity contribution in [2.75, 3.05) is 19.6 Å². The van der Waals surface area contributed by atoms with E-state index >= 15 is 0 Å². The molecule has 7 nitrogen and oxygen atoms in total. The molecule has 2 aliphatic rings. The van der Waals surface area contributed by atoms with Crippen LogP contribution in [0.25, 0.3) is 22.8 Å². The number of fused-ring (bicyclic) bond motifs is 5. The third kappa shape index (κ3) is 2.88. The standard InChI is InChI=1S/C22H21ClN4O3/c1-30-14-5-2-12(3-6-14)20-24-9-13-4-7-15-17-16(25-19(15)18(13)26-20)8-22(10-23,11-28)27-21(17)29/h2-3,5-6,9,25,28H,4,7-8,10-11H2,1H3,(H,27,29). The fraction of sp³-hybridized carbons (Fsp3) is 0.318. The highest BCUT2D eigenvalue weighted by Gasteiger charge is 2.41. The van der Waals surface area contributed by atoms with Crippen molar-refractivity contribution in [2.45, 2.75) is 24.8 Å². The fourth-order valence-corrected chi connectivity index (χ4v) is 4.55. The van der Waals surface area contributed by atoms with Crippen LogP contribution in [0.4, 0.5) is 0 Å². The molecule has 5 rings (SSSR count). The van der Waals surface area contributed by atoms with Crippen molar-refractivity contribution in [1.29, 1.82) is 0 Å². The van der Waals surface area contributed by atoms with E-state index in [1.54, 1.807) is 7.11 Å². The maximum Gasteiger partial charge on any atom is 0.253 e. The smallest absolute Gasteiger partial charge is 0.253 e. The summed E-state index contributed by atoms with van der Waals surface area (Å²) < 4.78 is 5.22. The average Bonchev–Trinajstić information content (AvgIpc) is 3.17. The first-order valence-electron chi connectivity index (χ1n) is 9.81. The molecule has 0 bridgehead atoms. The normalized spacial score (nSPS) is 19.5. The van der Waals surface area contributed by atoms with Crippen LogP contribution in [0.5, 0.6) is 5.75 Å². The number of aliphatic hydroxyl groups excluding tert-OH is 1. The van der Waals surface area contributed by atoms with Crippen molar-refractivity contribution < 1.29 is 14.6 Å². The van der Waals surface area contributed by atoms with Gasteiger partial charge in [-0.15, -0.1) is 11.6 Å². The number of halogens is 1. The number of nitrogens with one attached hydrogen (secondary N) is 2. The SMILES string of the molecule is COc1ccc(-c2ncc3c(n2)-c2[nH]c4c(c2CC3)C(=O)NC(CO)(CCl)C4)cc1. The van der Waals surface area contributed by atoms with Crippen LogP contribution in [0.3, 0.4) is 0 Å². The summed E-state index contributed by atoms with van der Waals surface area (Å²) in [4.78, 5) is 25.7. The molecule has 1 unspecified atom stereocenters. The molecule has 1 aliphatic heterocycles. The molecular weight excluding hydrogens is 404 g/mol. The van der Waals surface area contributed by atoms with Gasteiger partial charge in [0.05, 0.1) is 36.2 Å². The van der Waals surface area contributed by atoms with E-state index in [0.717, 1.165) is 52.4 Å². The monoisotopic (exact) mass is 424 g/mol. The lowest BCUT2D eigenvalue weighted by molar-refractivity contribution is 0.0827. The van der Waals surface area contributed by atoms with E-state index in [-0.39, 0.29) is 18.4 Å². The summed E-state index contributed by atoms with van der Waals surface area (Å²) in [7, 11) is 1.63. The Morgan fingerprint density at radius 1 is 1.27 bits per heavy atom. The molecule has 0 spiro atoms. The zero-order chi connectivity index (χ0) is 20.9. The molecule has 2 aromatic heterocycles. The first-order chi connectivity index (χ1) is 14.6. The van der Waals surface area contributed by atoms with Crippen LogP contribution in [0.2, 0.25) is 0 Å². The minimum Gasteiger partial charge on any atom is -0.497 e. The van der Waals surface area contributed by atoms with Crippen molar-refractivity contribution in [3.8, 4) is 28.5 Å². The summed E-state index contributed by atoms with van der Waals surface area (Å²) >= 11 is 6.07. The summed E-state index contributed by atoms with van der Waals surface area (Å²) in [5.74, 6) is 1.33. The van der Waals surface area contributed by atoms with Crippen molar-refractivity contribution in [3.63, 3.8) is 0 Å². The van der Waals surface area contributed by atoms with Gasteiger partial charge in [-0.05, 0) is 48.2 Å². The third-order valence-electron chi connectivity index (χ3n) is 5.95. The molecule has 1 aliphatic carbocycles. The lowest BCUT2D eigenvalue weighted by Gasteiger charge is -2.34. The number of H-pyrrole nitrogens is 1. The van der Waals surface area contributed by atoms with Gasteiger partial charge in [-0.3, -0.25) is 4.79 Å². The second-order valence-electron chi connectivity index (χ2n) is 7.83. The number of amides is 1. The van der Waals surface area contributed by atoms with E-state index in [2.05, 4.69) is 15.3 Å². The average molecular weight is 425 g/mol. The van der Waals surface area contributed by atoms with Gasteiger partial charge in [-0.2, -0.15) is 0 Å². The molecule has 0 saturated heterocycles. The number of nitrogens with zero attached hydrogens (tertiary/aromatic N) is 2. The molecule has 0 saturated carbocycles. The van der Waals surface area contributed by atoms with Crippen LogP contribution in [0.1, 0.15) is 27.2 Å². The highest BCUT2D eigenvalue weighted by atomic mass is 35.5. The fourth-order valence-electron chi connectivity index (χ4n) is 4.30. The Morgan fingerprint density at radius 2 is 2.07 bits per heavy atom. The number of methoxy groups -OCH3 is 1. The first-order valence-corrected chi connectivity index (χ1v) is 10.3. The quantitative estimate of drug-likeness (QED) is 0.559. The van der Waals surface area contributed by atoms with Gasteiger partial charge < -0.3 is 20.1 Å². The maximum absolute atomic E-state index is 12.9. The second-order valence-corrected chi connectivity index (χ2v) is 8.10. The molecule has 3 N–H and O–H groups in total. The molecule has 0 radical (unpaired) electrons. The largest absolute Gasteiger partial charge is 0.497 e. The van der Waals surface area contributed by atoms with Gasteiger partial charge in [0.1, 0.15) is 5.75 Å². The summed E-state index contributed by atoms with van der Waals surface area (Å²) in [6, 6.07) is 7.60. The molecule has 30 heavy (non-hydrogen) atoms. The van der Waals surface area contributed by atoms with E-state index in [0.29, 0.717) is 17.8 Å². The van der Waals surface area contributed by atoms with Crippen molar-refractivity contribution in [3.05, 3.63) is 52.8 Å². The Morgan fingerprint density at radius 3 is 2.77 bits per heavy atom. The van der Waals surface area contributed by atoms with E-state index in [4.69, 9.17) is 21.3 Å². The van der Waals surface area contributed by atoms with E-state index in [1.165, 1.54) is 0 Å². The summed E-state index contributed by atoms with van der Waals surface area (Å²) in [6.45, 7) is -0.217. The Labute approximate surface area is 178 Å². The number of carbonyl (C=O) groups is 1. The topological polar surface area (TPSA) is 100 Å². The Kier molecular flexibility index (Phi) is 4.52. The third-order valence-corrected chi connectivity index (χ3v) is 6.47. The number of rotatable bonds is 4. The number of ether oxygens (including phenoxy) is 1. The van der Waals surface area contributed by atoms with E-state index in [1.807, 2.05) is 30.5 Å². The van der Waals surface area contributed by atoms with Gasteiger partial charge in [0.15, 0.2) is 5.82 Å². The van der Waals surface area contributed by atoms with Crippen LogP contribution in [-0.2, 0) is 19.3 Å². The van der Waals surface area contributed by atoms with Gasteiger partial charge in [0.25, 0.3) is 5.91 Å². The van der Waals surface area contributed by atoms with Gasteiger partial charge in [0, 0.05) is 29.8 Å². The van der Waals surface area contributed by atoms with Crippen LogP contribution >= 0.6 is 11.6 Å². The number of aryl methyl sites for hydroxylation is 1. The molecule has 3 aromatic rings. The summed E-state index contributed by atoms with van der Waals surface area (Å²) in [5.41, 5.74) is 5.20. The number of aromatic amines is 1. The lowest BCUT2D eigenvalue weighted by Crippen LogP contribution is -2.57. The van der Waals surface area contributed by atoms with Crippen molar-refractivity contribution >= 4 is 17.5 Å². The predicted octanol–water partition coefficient (Wildman–Crippen LogP) is 2.50. The number of hydrogen-bond acceptors (Lipinski definition) is 5. The molecule has 154 valence electrons. The van der Waals surface area contributed by atoms with Gasteiger partial charge in [-0.25, -0.2) is 9.97 Å². The van der Waals surface area contributed by atoms with Crippen LogP contribution in [0, 0.1) is 0 Å². The molecule has 1 amide bonds. The number of aliphatic hydroxyl groups is 1. The van der Waals surface area contributed by atoms with Gasteiger partial charge >= 0.3 is 0 Å². The lowest BCUT2D eigenvalue weighted by atomic mass is 9.86. The highest BCUT2D eigenvalue weighted by Crippen LogP contribution is 2.38. The summed E-state index contributed by atoms with van der Waals surface area (Å²) in [5, 5.41) is 12.7. The maximum atomic E-state index is 12.9. The zero-order valence-electron chi connectivity index (χ0n) is 16.5. The van der Waals surface area contributed by atoms with Crippen LogP contribution in [-0.4, -0.2) is 51.1 Å². The number of aromatic nitrogens is 3. The second kappa shape index (κ2) is 7.11. The Bertz CT molecular complexity index is 1140. The van der Waals surface area contributed by atoms with Gasteiger partial charge in [-0.1, -0.05) is 0 Å². The van der Waals surface area contributed by atoms with Crippen molar-refractivity contribution in [2.24, 2.45) is 0 Å².